The smallest absolute Gasteiger partial charge is 0.335 e. The largest absolute Gasteiger partial charge is 0.504 e. The molecule has 1 heterocycles. The molecule has 1 fully saturated rings. The van der Waals surface area contributed by atoms with Crippen LogP contribution in [-0.2, 0) is 4.79 Å². The van der Waals surface area contributed by atoms with Crippen LogP contribution in [0.2, 0.25) is 0 Å². The Morgan fingerprint density at radius 3 is 2.52 bits per heavy atom. The van der Waals surface area contributed by atoms with Crippen molar-refractivity contribution < 1.29 is 24.5 Å². The van der Waals surface area contributed by atoms with Gasteiger partial charge in [-0.25, -0.2) is 9.79 Å². The third-order valence-corrected chi connectivity index (χ3v) is 4.90. The van der Waals surface area contributed by atoms with Crippen LogP contribution in [0.5, 0.6) is 11.5 Å². The van der Waals surface area contributed by atoms with Gasteiger partial charge in [0.15, 0.2) is 16.7 Å². The molecular weight excluding hydrogens is 368 g/mol. The zero-order chi connectivity index (χ0) is 19.6. The van der Waals surface area contributed by atoms with Gasteiger partial charge in [-0.15, -0.1) is 0 Å². The van der Waals surface area contributed by atoms with Crippen LogP contribution in [0.25, 0.3) is 6.08 Å². The lowest BCUT2D eigenvalue weighted by atomic mass is 10.2. The fourth-order valence-electron chi connectivity index (χ4n) is 2.39. The normalized spacial score (nSPS) is 17.0. The highest BCUT2D eigenvalue weighted by atomic mass is 32.2. The Bertz CT molecular complexity index is 967. The minimum Gasteiger partial charge on any atom is -0.504 e. The molecule has 0 unspecified atom stereocenters. The van der Waals surface area contributed by atoms with E-state index in [1.165, 1.54) is 42.0 Å². The lowest BCUT2D eigenvalue weighted by Gasteiger charge is -2.07. The van der Waals surface area contributed by atoms with Crippen LogP contribution in [0.3, 0.4) is 0 Å². The van der Waals surface area contributed by atoms with Crippen molar-refractivity contribution in [2.45, 2.75) is 0 Å². The highest BCUT2D eigenvalue weighted by Crippen LogP contribution is 2.34. The zero-order valence-corrected chi connectivity index (χ0v) is 15.4. The van der Waals surface area contributed by atoms with Crippen molar-refractivity contribution in [3.8, 4) is 11.5 Å². The third-order valence-electron chi connectivity index (χ3n) is 3.84. The molecule has 2 aromatic rings. The van der Waals surface area contributed by atoms with Crippen LogP contribution in [0, 0.1) is 0 Å². The first-order chi connectivity index (χ1) is 12.9. The molecular formula is C19H16N2O5S. The van der Waals surface area contributed by atoms with Gasteiger partial charge in [0.2, 0.25) is 0 Å². The van der Waals surface area contributed by atoms with E-state index in [0.717, 1.165) is 0 Å². The lowest BCUT2D eigenvalue weighted by molar-refractivity contribution is -0.121. The number of amides is 1. The first-order valence-electron chi connectivity index (χ1n) is 7.85. The summed E-state index contributed by atoms with van der Waals surface area (Å²) in [5.41, 5.74) is 1.37. The number of aromatic hydroxyl groups is 1. The Labute approximate surface area is 159 Å². The van der Waals surface area contributed by atoms with Crippen molar-refractivity contribution in [1.82, 2.24) is 4.90 Å². The molecule has 1 saturated heterocycles. The van der Waals surface area contributed by atoms with Gasteiger partial charge in [0.25, 0.3) is 5.91 Å². The van der Waals surface area contributed by atoms with Gasteiger partial charge in [-0.2, -0.15) is 0 Å². The SMILES string of the molecule is COc1ccc(/C=C2\SC(=Nc3ccc(C(=O)O)cc3)N(C)C2=O)cc1O. The number of amidine groups is 1. The molecule has 1 aliphatic heterocycles. The number of phenolic OH excluding ortho intramolecular Hbond substituents is 1. The number of carbonyl (C=O) groups is 2. The van der Waals surface area contributed by atoms with E-state index < -0.39 is 5.97 Å². The Kier molecular flexibility index (Phi) is 5.18. The molecule has 0 atom stereocenters. The van der Waals surface area contributed by atoms with Crippen molar-refractivity contribution in [1.29, 1.82) is 0 Å². The van der Waals surface area contributed by atoms with Crippen molar-refractivity contribution in [2.75, 3.05) is 14.2 Å². The number of rotatable bonds is 4. The Balaban J connectivity index is 1.85. The second kappa shape index (κ2) is 7.55. The van der Waals surface area contributed by atoms with Gasteiger partial charge in [-0.05, 0) is 59.8 Å². The second-order valence-electron chi connectivity index (χ2n) is 5.65. The predicted octanol–water partition coefficient (Wildman–Crippen LogP) is 3.33. The summed E-state index contributed by atoms with van der Waals surface area (Å²) in [7, 11) is 3.08. The Morgan fingerprint density at radius 2 is 1.93 bits per heavy atom. The third kappa shape index (κ3) is 3.95. The zero-order valence-electron chi connectivity index (χ0n) is 14.5. The minimum atomic E-state index is -1.01. The molecule has 0 saturated carbocycles. The first kappa shape index (κ1) is 18.5. The minimum absolute atomic E-state index is 0.0111. The van der Waals surface area contributed by atoms with Crippen LogP contribution in [-0.4, -0.2) is 46.3 Å². The number of methoxy groups -OCH3 is 1. The van der Waals surface area contributed by atoms with Gasteiger partial charge in [-0.1, -0.05) is 6.07 Å². The van der Waals surface area contributed by atoms with Crippen LogP contribution < -0.4 is 4.74 Å². The number of thioether (sulfide) groups is 1. The van der Waals surface area contributed by atoms with Crippen molar-refractivity contribution in [2.24, 2.45) is 4.99 Å². The molecule has 1 amide bonds. The van der Waals surface area contributed by atoms with Crippen LogP contribution in [0.4, 0.5) is 5.69 Å². The van der Waals surface area contributed by atoms with Gasteiger partial charge >= 0.3 is 5.97 Å². The van der Waals surface area contributed by atoms with Crippen molar-refractivity contribution in [3.63, 3.8) is 0 Å². The van der Waals surface area contributed by atoms with E-state index in [9.17, 15) is 14.7 Å². The molecule has 0 aromatic heterocycles. The average Bonchev–Trinajstić information content (AvgIpc) is 2.90. The van der Waals surface area contributed by atoms with E-state index in [4.69, 9.17) is 9.84 Å². The fraction of sp³-hybridized carbons (Fsp3) is 0.105. The summed E-state index contributed by atoms with van der Waals surface area (Å²) in [6, 6.07) is 10.9. The number of phenols is 1. The molecule has 0 aliphatic carbocycles. The quantitative estimate of drug-likeness (QED) is 0.785. The first-order valence-corrected chi connectivity index (χ1v) is 8.67. The molecule has 1 aliphatic rings. The van der Waals surface area contributed by atoms with Crippen molar-refractivity contribution in [3.05, 3.63) is 58.5 Å². The molecule has 0 radical (unpaired) electrons. The number of benzene rings is 2. The van der Waals surface area contributed by atoms with Gasteiger partial charge in [-0.3, -0.25) is 9.69 Å². The fourth-order valence-corrected chi connectivity index (χ4v) is 3.38. The average molecular weight is 384 g/mol. The summed E-state index contributed by atoms with van der Waals surface area (Å²) < 4.78 is 5.01. The number of carbonyl (C=O) groups excluding carboxylic acids is 1. The van der Waals surface area contributed by atoms with Gasteiger partial charge < -0.3 is 14.9 Å². The number of likely N-dealkylation sites (N-methyl/N-ethyl adjacent to an activating group) is 1. The standard InChI is InChI=1S/C19H16N2O5S/c1-21-17(23)16(10-11-3-8-15(26-2)14(22)9-11)27-19(21)20-13-6-4-12(5-7-13)18(24)25/h3-10,22H,1-2H3,(H,24,25)/b16-10-,20-19?. The highest BCUT2D eigenvalue weighted by molar-refractivity contribution is 8.18. The number of aromatic carboxylic acids is 1. The molecule has 8 heteroatoms. The van der Waals surface area contributed by atoms with Crippen LogP contribution in [0.1, 0.15) is 15.9 Å². The number of carboxylic acid groups (broad SMARTS) is 1. The Morgan fingerprint density at radius 1 is 1.22 bits per heavy atom. The van der Waals surface area contributed by atoms with E-state index in [2.05, 4.69) is 4.99 Å². The number of hydrogen-bond donors (Lipinski definition) is 2. The van der Waals surface area contributed by atoms with Gasteiger partial charge in [0, 0.05) is 7.05 Å². The van der Waals surface area contributed by atoms with E-state index in [1.54, 1.807) is 37.4 Å². The predicted molar refractivity (Wildman–Crippen MR) is 103 cm³/mol. The molecule has 2 N–H and O–H groups in total. The molecule has 27 heavy (non-hydrogen) atoms. The molecule has 0 bridgehead atoms. The van der Waals surface area contributed by atoms with Crippen LogP contribution in [0.15, 0.2) is 52.4 Å². The summed E-state index contributed by atoms with van der Waals surface area (Å²) in [5.74, 6) is -0.879. The lowest BCUT2D eigenvalue weighted by Crippen LogP contribution is -2.23. The summed E-state index contributed by atoms with van der Waals surface area (Å²) >= 11 is 1.20. The summed E-state index contributed by atoms with van der Waals surface area (Å²) in [6.07, 6.45) is 1.67. The van der Waals surface area contributed by atoms with Gasteiger partial charge in [0.1, 0.15) is 0 Å². The molecule has 138 valence electrons. The molecule has 2 aromatic carbocycles. The monoisotopic (exact) mass is 384 g/mol. The van der Waals surface area contributed by atoms with Gasteiger partial charge in [0.05, 0.1) is 23.3 Å². The van der Waals surface area contributed by atoms with E-state index in [1.807, 2.05) is 0 Å². The molecule has 7 nitrogen and oxygen atoms in total. The van der Waals surface area contributed by atoms with E-state index in [-0.39, 0.29) is 17.2 Å². The number of hydrogen-bond acceptors (Lipinski definition) is 6. The summed E-state index contributed by atoms with van der Waals surface area (Å²) in [5, 5.41) is 19.3. The number of nitrogens with zero attached hydrogens (tertiary/aromatic N) is 2. The van der Waals surface area contributed by atoms with E-state index >= 15 is 0 Å². The van der Waals surface area contributed by atoms with E-state index in [0.29, 0.717) is 27.1 Å². The molecule has 0 spiro atoms. The Hall–Kier alpha value is -3.26. The number of carboxylic acids is 1. The maximum absolute atomic E-state index is 12.5. The topological polar surface area (TPSA) is 99.4 Å². The van der Waals surface area contributed by atoms with Crippen LogP contribution >= 0.6 is 11.8 Å². The van der Waals surface area contributed by atoms with Crippen molar-refractivity contribution >= 4 is 40.6 Å². The second-order valence-corrected chi connectivity index (χ2v) is 6.66. The number of aliphatic imine (C=N–C) groups is 1. The summed E-state index contributed by atoms with van der Waals surface area (Å²) in [4.78, 5) is 29.7. The summed E-state index contributed by atoms with van der Waals surface area (Å²) in [6.45, 7) is 0. The maximum atomic E-state index is 12.5. The highest BCUT2D eigenvalue weighted by Gasteiger charge is 2.30. The maximum Gasteiger partial charge on any atom is 0.335 e. The molecule has 3 rings (SSSR count). The number of ether oxygens (including phenoxy) is 1.